The molecule has 1 aromatic carbocycles. The van der Waals surface area contributed by atoms with Gasteiger partial charge in [-0.15, -0.1) is 0 Å². The number of ether oxygens (including phenoxy) is 2. The monoisotopic (exact) mass is 354 g/mol. The highest BCUT2D eigenvalue weighted by molar-refractivity contribution is 9.10. The minimum atomic E-state index is -0.539. The predicted molar refractivity (Wildman–Crippen MR) is 85.6 cm³/mol. The molecule has 1 aliphatic heterocycles. The van der Waals surface area contributed by atoms with Gasteiger partial charge in [-0.3, -0.25) is 0 Å². The van der Waals surface area contributed by atoms with Crippen LogP contribution >= 0.6 is 15.9 Å². The topological polar surface area (TPSA) is 38.7 Å². The van der Waals surface area contributed by atoms with Gasteiger partial charge in [-0.2, -0.15) is 0 Å². The fourth-order valence-electron chi connectivity index (χ4n) is 3.56. The van der Waals surface area contributed by atoms with Crippen molar-refractivity contribution in [3.63, 3.8) is 0 Å². The molecule has 1 spiro atoms. The maximum Gasteiger partial charge on any atom is 0.125 e. The van der Waals surface area contributed by atoms with E-state index in [9.17, 15) is 5.11 Å². The minimum absolute atomic E-state index is 0.154. The first kappa shape index (κ1) is 15.3. The van der Waals surface area contributed by atoms with Crippen LogP contribution in [0.2, 0.25) is 0 Å². The van der Waals surface area contributed by atoms with E-state index in [1.807, 2.05) is 18.2 Å². The Balaban J connectivity index is 1.61. The second kappa shape index (κ2) is 6.27. The van der Waals surface area contributed by atoms with Crippen LogP contribution in [0.5, 0.6) is 5.75 Å². The van der Waals surface area contributed by atoms with E-state index in [1.165, 1.54) is 32.1 Å². The number of rotatable bonds is 4. The number of benzene rings is 1. The summed E-state index contributed by atoms with van der Waals surface area (Å²) in [5, 5.41) is 9.86. The first-order valence-corrected chi connectivity index (χ1v) is 8.65. The SMILES string of the molecule is C[C@@H](O)c1cc(Br)ccc1OCC1CCC2(CCCC2)O1. The number of aliphatic hydroxyl groups excluding tert-OH is 1. The van der Waals surface area contributed by atoms with Crippen LogP contribution < -0.4 is 4.74 Å². The zero-order valence-corrected chi connectivity index (χ0v) is 14.1. The van der Waals surface area contributed by atoms with Crippen LogP contribution in [0.3, 0.4) is 0 Å². The first-order valence-electron chi connectivity index (χ1n) is 7.86. The molecule has 1 saturated heterocycles. The van der Waals surface area contributed by atoms with Crippen molar-refractivity contribution >= 4 is 15.9 Å². The quantitative estimate of drug-likeness (QED) is 0.872. The third kappa shape index (κ3) is 3.43. The number of halogens is 1. The zero-order valence-electron chi connectivity index (χ0n) is 12.5. The van der Waals surface area contributed by atoms with Gasteiger partial charge in [0, 0.05) is 10.0 Å². The van der Waals surface area contributed by atoms with E-state index >= 15 is 0 Å². The van der Waals surface area contributed by atoms with Gasteiger partial charge < -0.3 is 14.6 Å². The largest absolute Gasteiger partial charge is 0.490 e. The summed E-state index contributed by atoms with van der Waals surface area (Å²) in [6.07, 6.45) is 6.92. The van der Waals surface area contributed by atoms with Gasteiger partial charge in [-0.1, -0.05) is 28.8 Å². The summed E-state index contributed by atoms with van der Waals surface area (Å²) >= 11 is 3.43. The molecule has 2 atom stereocenters. The van der Waals surface area contributed by atoms with Gasteiger partial charge in [-0.25, -0.2) is 0 Å². The molecule has 21 heavy (non-hydrogen) atoms. The molecule has 1 heterocycles. The lowest BCUT2D eigenvalue weighted by molar-refractivity contribution is -0.0511. The molecule has 3 rings (SSSR count). The van der Waals surface area contributed by atoms with Crippen LogP contribution in [0.1, 0.15) is 57.1 Å². The van der Waals surface area contributed by atoms with Crippen LogP contribution in [0.25, 0.3) is 0 Å². The molecule has 2 fully saturated rings. The Kier molecular flexibility index (Phi) is 4.57. The molecule has 1 aromatic rings. The van der Waals surface area contributed by atoms with Crippen LogP contribution in [-0.2, 0) is 4.74 Å². The molecule has 0 radical (unpaired) electrons. The van der Waals surface area contributed by atoms with Crippen LogP contribution in [0.15, 0.2) is 22.7 Å². The van der Waals surface area contributed by atoms with Crippen molar-refractivity contribution in [1.29, 1.82) is 0 Å². The second-order valence-corrected chi connectivity index (χ2v) is 7.25. The van der Waals surface area contributed by atoms with Crippen molar-refractivity contribution in [2.24, 2.45) is 0 Å². The standard InChI is InChI=1S/C17H23BrO3/c1-12(19)15-10-13(18)4-5-16(15)20-11-14-6-9-17(21-14)7-2-3-8-17/h4-5,10,12,14,19H,2-3,6-9,11H2,1H3/t12-,14?/m1/s1. The van der Waals surface area contributed by atoms with Crippen molar-refractivity contribution in [2.75, 3.05) is 6.61 Å². The van der Waals surface area contributed by atoms with Crippen molar-refractivity contribution in [3.8, 4) is 5.75 Å². The molecule has 4 heteroatoms. The van der Waals surface area contributed by atoms with Gasteiger partial charge >= 0.3 is 0 Å². The van der Waals surface area contributed by atoms with E-state index < -0.39 is 6.10 Å². The second-order valence-electron chi connectivity index (χ2n) is 6.34. The van der Waals surface area contributed by atoms with Gasteiger partial charge in [0.25, 0.3) is 0 Å². The Bertz CT molecular complexity index is 495. The third-order valence-corrected chi connectivity index (χ3v) is 5.19. The summed E-state index contributed by atoms with van der Waals surface area (Å²) in [6.45, 7) is 2.33. The van der Waals surface area contributed by atoms with Crippen LogP contribution in [0, 0.1) is 0 Å². The Morgan fingerprint density at radius 3 is 2.86 bits per heavy atom. The van der Waals surface area contributed by atoms with E-state index in [2.05, 4.69) is 15.9 Å². The lowest BCUT2D eigenvalue weighted by Crippen LogP contribution is -2.27. The highest BCUT2D eigenvalue weighted by Crippen LogP contribution is 2.43. The van der Waals surface area contributed by atoms with Crippen molar-refractivity contribution in [2.45, 2.75) is 63.3 Å². The van der Waals surface area contributed by atoms with Crippen molar-refractivity contribution < 1.29 is 14.6 Å². The number of hydrogen-bond donors (Lipinski definition) is 1. The molecular weight excluding hydrogens is 332 g/mol. The molecule has 1 saturated carbocycles. The van der Waals surface area contributed by atoms with E-state index in [0.29, 0.717) is 6.61 Å². The Morgan fingerprint density at radius 1 is 1.38 bits per heavy atom. The summed E-state index contributed by atoms with van der Waals surface area (Å²) < 4.78 is 13.1. The summed E-state index contributed by atoms with van der Waals surface area (Å²) in [6, 6.07) is 5.76. The Hall–Kier alpha value is -0.580. The molecule has 0 aromatic heterocycles. The Labute approximate surface area is 134 Å². The zero-order chi connectivity index (χ0) is 14.9. The normalized spacial score (nSPS) is 25.4. The summed E-state index contributed by atoms with van der Waals surface area (Å²) in [5.74, 6) is 0.754. The first-order chi connectivity index (χ1) is 10.1. The lowest BCUT2D eigenvalue weighted by Gasteiger charge is -2.24. The molecule has 1 unspecified atom stereocenters. The average Bonchev–Trinajstić information content (AvgIpc) is 3.08. The van der Waals surface area contributed by atoms with Gasteiger partial charge in [0.15, 0.2) is 0 Å². The molecule has 0 amide bonds. The lowest BCUT2D eigenvalue weighted by atomic mass is 9.98. The highest BCUT2D eigenvalue weighted by Gasteiger charge is 2.42. The smallest absolute Gasteiger partial charge is 0.125 e. The summed E-state index contributed by atoms with van der Waals surface area (Å²) in [7, 11) is 0. The third-order valence-electron chi connectivity index (χ3n) is 4.70. The number of aliphatic hydroxyl groups is 1. The molecule has 1 N–H and O–H groups in total. The molecule has 0 bridgehead atoms. The highest BCUT2D eigenvalue weighted by atomic mass is 79.9. The van der Waals surface area contributed by atoms with Crippen molar-refractivity contribution in [1.82, 2.24) is 0 Å². The molecule has 1 aliphatic carbocycles. The van der Waals surface area contributed by atoms with Gasteiger partial charge in [0.2, 0.25) is 0 Å². The fraction of sp³-hybridized carbons (Fsp3) is 0.647. The minimum Gasteiger partial charge on any atom is -0.490 e. The van der Waals surface area contributed by atoms with Crippen molar-refractivity contribution in [3.05, 3.63) is 28.2 Å². The number of hydrogen-bond acceptors (Lipinski definition) is 3. The van der Waals surface area contributed by atoms with Gasteiger partial charge in [0.1, 0.15) is 12.4 Å². The van der Waals surface area contributed by atoms with E-state index in [1.54, 1.807) is 6.92 Å². The predicted octanol–water partition coefficient (Wildman–Crippen LogP) is 4.37. The van der Waals surface area contributed by atoms with E-state index in [4.69, 9.17) is 9.47 Å². The fourth-order valence-corrected chi connectivity index (χ4v) is 3.94. The van der Waals surface area contributed by atoms with E-state index in [0.717, 1.165) is 22.2 Å². The van der Waals surface area contributed by atoms with Gasteiger partial charge in [-0.05, 0) is 50.8 Å². The molecule has 3 nitrogen and oxygen atoms in total. The molecule has 2 aliphatic rings. The van der Waals surface area contributed by atoms with Gasteiger partial charge in [0.05, 0.1) is 17.8 Å². The van der Waals surface area contributed by atoms with E-state index in [-0.39, 0.29) is 11.7 Å². The van der Waals surface area contributed by atoms with Crippen LogP contribution in [-0.4, -0.2) is 23.4 Å². The molecular formula is C17H23BrO3. The Morgan fingerprint density at radius 2 is 2.14 bits per heavy atom. The maximum atomic E-state index is 9.86. The molecule has 116 valence electrons. The summed E-state index contributed by atoms with van der Waals surface area (Å²) in [5.41, 5.74) is 0.971. The summed E-state index contributed by atoms with van der Waals surface area (Å²) in [4.78, 5) is 0. The maximum absolute atomic E-state index is 9.86. The average molecular weight is 355 g/mol. The van der Waals surface area contributed by atoms with Crippen LogP contribution in [0.4, 0.5) is 0 Å².